The van der Waals surface area contributed by atoms with E-state index in [1.807, 2.05) is 0 Å². The van der Waals surface area contributed by atoms with E-state index in [1.54, 1.807) is 0 Å². The Hall–Kier alpha value is -0.860. The second-order valence-corrected chi connectivity index (χ2v) is 8.33. The number of nitrogens with zero attached hydrogens (tertiary/aromatic N) is 2. The molecule has 28 heavy (non-hydrogen) atoms. The summed E-state index contributed by atoms with van der Waals surface area (Å²) in [5.41, 5.74) is 2.62. The second-order valence-electron chi connectivity index (χ2n) is 8.33. The molecular formula is C22H36IN3O2. The molecule has 2 aliphatic rings. The minimum atomic E-state index is -0.00700. The number of morpholine rings is 1. The fourth-order valence-electron chi connectivity index (χ4n) is 3.84. The smallest absolute Gasteiger partial charge is 0.194 e. The topological polar surface area (TPSA) is 46.1 Å². The van der Waals surface area contributed by atoms with Crippen LogP contribution < -0.4 is 5.32 Å². The number of nitrogens with one attached hydrogen (secondary N) is 1. The van der Waals surface area contributed by atoms with E-state index in [0.717, 1.165) is 58.2 Å². The average Bonchev–Trinajstić information content (AvgIpc) is 3.20. The van der Waals surface area contributed by atoms with Gasteiger partial charge < -0.3 is 19.7 Å². The van der Waals surface area contributed by atoms with Crippen LogP contribution in [0.1, 0.15) is 44.7 Å². The van der Waals surface area contributed by atoms with Crippen LogP contribution in [0.25, 0.3) is 0 Å². The van der Waals surface area contributed by atoms with Crippen LogP contribution >= 0.6 is 24.0 Å². The first-order valence-electron chi connectivity index (χ1n) is 10.3. The number of hydrogen-bond acceptors (Lipinski definition) is 3. The Labute approximate surface area is 187 Å². The van der Waals surface area contributed by atoms with Crippen LogP contribution in [0.2, 0.25) is 0 Å². The van der Waals surface area contributed by atoms with Gasteiger partial charge in [0.1, 0.15) is 6.10 Å². The predicted molar refractivity (Wildman–Crippen MR) is 126 cm³/mol. The number of hydrogen-bond donors (Lipinski definition) is 1. The van der Waals surface area contributed by atoms with E-state index < -0.39 is 0 Å². The summed E-state index contributed by atoms with van der Waals surface area (Å²) >= 11 is 0. The van der Waals surface area contributed by atoms with Crippen molar-refractivity contribution in [3.05, 3.63) is 35.4 Å². The van der Waals surface area contributed by atoms with Crippen molar-refractivity contribution < 1.29 is 9.47 Å². The van der Waals surface area contributed by atoms with Gasteiger partial charge in [-0.1, -0.05) is 43.7 Å². The monoisotopic (exact) mass is 501 g/mol. The number of aliphatic imine (C=N–C) groups is 1. The van der Waals surface area contributed by atoms with Crippen LogP contribution in [-0.4, -0.2) is 62.5 Å². The summed E-state index contributed by atoms with van der Waals surface area (Å²) in [6, 6.07) is 8.75. The molecule has 6 heteroatoms. The van der Waals surface area contributed by atoms with Gasteiger partial charge in [-0.25, -0.2) is 0 Å². The van der Waals surface area contributed by atoms with Gasteiger partial charge in [0.2, 0.25) is 0 Å². The van der Waals surface area contributed by atoms with Crippen LogP contribution in [0, 0.1) is 6.92 Å². The van der Waals surface area contributed by atoms with Crippen molar-refractivity contribution in [2.45, 2.75) is 58.2 Å². The molecule has 0 amide bonds. The molecule has 0 saturated carbocycles. The molecule has 2 atom stereocenters. The maximum absolute atomic E-state index is 6.00. The molecule has 3 rings (SSSR count). The molecule has 1 aromatic carbocycles. The van der Waals surface area contributed by atoms with Crippen LogP contribution in [0.3, 0.4) is 0 Å². The summed E-state index contributed by atoms with van der Waals surface area (Å²) in [6.45, 7) is 13.7. The van der Waals surface area contributed by atoms with Crippen molar-refractivity contribution >= 4 is 29.9 Å². The number of guanidine groups is 1. The summed E-state index contributed by atoms with van der Waals surface area (Å²) in [4.78, 5) is 7.35. The van der Waals surface area contributed by atoms with E-state index in [1.165, 1.54) is 11.1 Å². The first-order chi connectivity index (χ1) is 13.0. The molecule has 2 unspecified atom stereocenters. The summed E-state index contributed by atoms with van der Waals surface area (Å²) in [5, 5.41) is 3.48. The molecule has 1 N–H and O–H groups in total. The second kappa shape index (κ2) is 10.8. The zero-order valence-electron chi connectivity index (χ0n) is 17.7. The van der Waals surface area contributed by atoms with Gasteiger partial charge in [0.15, 0.2) is 5.96 Å². The molecule has 2 aliphatic heterocycles. The Bertz CT molecular complexity index is 644. The molecular weight excluding hydrogens is 465 g/mol. The standard InChI is InChI=1S/C22H35N3O2.HI/c1-5-23-21(24-16-22(3,4)18-9-6-8-17(2)14-18)25-11-13-27-20(15-25)19-10-7-12-26-19;/h6,8-9,14,19-20H,5,7,10-13,15-16H2,1-4H3,(H,23,24);1H. The third-order valence-corrected chi connectivity index (χ3v) is 5.53. The molecule has 0 aromatic heterocycles. The van der Waals surface area contributed by atoms with Crippen LogP contribution in [0.15, 0.2) is 29.3 Å². The highest BCUT2D eigenvalue weighted by atomic mass is 127. The lowest BCUT2D eigenvalue weighted by atomic mass is 9.84. The van der Waals surface area contributed by atoms with Crippen molar-refractivity contribution in [2.75, 3.05) is 39.4 Å². The SMILES string of the molecule is CCNC(=NCC(C)(C)c1cccc(C)c1)N1CCOC(C2CCCO2)C1.I. The summed E-state index contributed by atoms with van der Waals surface area (Å²) in [5.74, 6) is 0.990. The highest BCUT2D eigenvalue weighted by Gasteiger charge is 2.32. The van der Waals surface area contributed by atoms with Crippen molar-refractivity contribution in [3.63, 3.8) is 0 Å². The van der Waals surface area contributed by atoms with Gasteiger partial charge in [-0.05, 0) is 32.3 Å². The first-order valence-corrected chi connectivity index (χ1v) is 10.3. The van der Waals surface area contributed by atoms with Crippen molar-refractivity contribution in [1.29, 1.82) is 0 Å². The molecule has 0 radical (unpaired) electrons. The lowest BCUT2D eigenvalue weighted by Gasteiger charge is -2.37. The Kier molecular flexibility index (Phi) is 9.02. The fraction of sp³-hybridized carbons (Fsp3) is 0.682. The highest BCUT2D eigenvalue weighted by Crippen LogP contribution is 2.25. The molecule has 2 saturated heterocycles. The Morgan fingerprint density at radius 2 is 2.04 bits per heavy atom. The Balaban J connectivity index is 0.00000280. The third-order valence-electron chi connectivity index (χ3n) is 5.53. The van der Waals surface area contributed by atoms with Crippen molar-refractivity contribution in [2.24, 2.45) is 4.99 Å². The molecule has 1 aromatic rings. The average molecular weight is 501 g/mol. The van der Waals surface area contributed by atoms with Gasteiger partial charge in [0.05, 0.1) is 19.3 Å². The summed E-state index contributed by atoms with van der Waals surface area (Å²) in [6.07, 6.45) is 2.63. The van der Waals surface area contributed by atoms with E-state index in [4.69, 9.17) is 14.5 Å². The Morgan fingerprint density at radius 1 is 1.25 bits per heavy atom. The molecule has 0 spiro atoms. The Morgan fingerprint density at radius 3 is 2.71 bits per heavy atom. The number of rotatable bonds is 5. The quantitative estimate of drug-likeness (QED) is 0.380. The molecule has 2 fully saturated rings. The largest absolute Gasteiger partial charge is 0.375 e. The predicted octanol–water partition coefficient (Wildman–Crippen LogP) is 3.74. The van der Waals surface area contributed by atoms with Crippen LogP contribution in [0.4, 0.5) is 0 Å². The molecule has 0 aliphatic carbocycles. The van der Waals surface area contributed by atoms with Crippen LogP contribution in [-0.2, 0) is 14.9 Å². The van der Waals surface area contributed by atoms with Gasteiger partial charge in [-0.3, -0.25) is 4.99 Å². The van der Waals surface area contributed by atoms with E-state index in [9.17, 15) is 0 Å². The van der Waals surface area contributed by atoms with Gasteiger partial charge in [-0.2, -0.15) is 0 Å². The number of aryl methyl sites for hydroxylation is 1. The minimum Gasteiger partial charge on any atom is -0.375 e. The molecule has 158 valence electrons. The fourth-order valence-corrected chi connectivity index (χ4v) is 3.84. The van der Waals surface area contributed by atoms with Crippen molar-refractivity contribution in [3.8, 4) is 0 Å². The van der Waals surface area contributed by atoms with Gasteiger partial charge in [0, 0.05) is 31.7 Å². The van der Waals surface area contributed by atoms with E-state index >= 15 is 0 Å². The maximum atomic E-state index is 6.00. The van der Waals surface area contributed by atoms with Crippen molar-refractivity contribution in [1.82, 2.24) is 10.2 Å². The first kappa shape index (κ1) is 23.4. The van der Waals surface area contributed by atoms with Crippen LogP contribution in [0.5, 0.6) is 0 Å². The van der Waals surface area contributed by atoms with E-state index in [0.29, 0.717) is 0 Å². The highest BCUT2D eigenvalue weighted by molar-refractivity contribution is 14.0. The molecule has 5 nitrogen and oxygen atoms in total. The van der Waals surface area contributed by atoms with E-state index in [-0.39, 0.29) is 41.6 Å². The van der Waals surface area contributed by atoms with E-state index in [2.05, 4.69) is 62.2 Å². The third kappa shape index (κ3) is 6.07. The lowest BCUT2D eigenvalue weighted by molar-refractivity contribution is -0.0817. The van der Waals surface area contributed by atoms with Gasteiger partial charge >= 0.3 is 0 Å². The zero-order chi connectivity index (χ0) is 19.3. The number of benzene rings is 1. The van der Waals surface area contributed by atoms with Gasteiger partial charge in [-0.15, -0.1) is 24.0 Å². The molecule has 2 heterocycles. The summed E-state index contributed by atoms with van der Waals surface area (Å²) < 4.78 is 11.9. The molecule has 0 bridgehead atoms. The summed E-state index contributed by atoms with van der Waals surface area (Å²) in [7, 11) is 0. The number of ether oxygens (including phenoxy) is 2. The maximum Gasteiger partial charge on any atom is 0.194 e. The zero-order valence-corrected chi connectivity index (χ0v) is 20.1. The lowest BCUT2D eigenvalue weighted by Crippen LogP contribution is -2.53. The minimum absolute atomic E-state index is 0. The normalized spacial score (nSPS) is 23.4. The van der Waals surface area contributed by atoms with Gasteiger partial charge in [0.25, 0.3) is 0 Å². The number of halogens is 1.